The average Bonchev–Trinajstić information content (AvgIpc) is 2.27. The number of pyridine rings is 1. The Morgan fingerprint density at radius 3 is 2.76 bits per heavy atom. The van der Waals surface area contributed by atoms with Gasteiger partial charge in [0.15, 0.2) is 0 Å². The Hall–Kier alpha value is -1.90. The molecule has 2 aromatic rings. The van der Waals surface area contributed by atoms with E-state index in [4.69, 9.17) is 5.11 Å². The molecule has 3 rings (SSSR count). The monoisotopic (exact) mass is 227 g/mol. The Morgan fingerprint density at radius 2 is 2.06 bits per heavy atom. The third kappa shape index (κ3) is 1.58. The fraction of sp³-hybridized carbons (Fsp3) is 0.286. The lowest BCUT2D eigenvalue weighted by molar-refractivity contribution is -0.145. The van der Waals surface area contributed by atoms with Crippen molar-refractivity contribution in [3.05, 3.63) is 42.1 Å². The molecule has 86 valence electrons. The maximum absolute atomic E-state index is 11.1. The number of aliphatic carboxylic acids is 1. The molecule has 17 heavy (non-hydrogen) atoms. The summed E-state index contributed by atoms with van der Waals surface area (Å²) < 4.78 is 0. The number of carboxylic acid groups (broad SMARTS) is 1. The number of hydrogen-bond donors (Lipinski definition) is 1. The molecule has 1 fully saturated rings. The molecule has 2 unspecified atom stereocenters. The largest absolute Gasteiger partial charge is 0.481 e. The van der Waals surface area contributed by atoms with Gasteiger partial charge in [0.2, 0.25) is 0 Å². The van der Waals surface area contributed by atoms with Gasteiger partial charge in [-0.3, -0.25) is 9.78 Å². The van der Waals surface area contributed by atoms with Crippen LogP contribution < -0.4 is 0 Å². The van der Waals surface area contributed by atoms with Crippen LogP contribution in [0.2, 0.25) is 0 Å². The van der Waals surface area contributed by atoms with Gasteiger partial charge < -0.3 is 5.11 Å². The molecule has 2 atom stereocenters. The molecule has 1 aromatic heterocycles. The van der Waals surface area contributed by atoms with Crippen LogP contribution in [-0.2, 0) is 4.79 Å². The topological polar surface area (TPSA) is 50.2 Å². The highest BCUT2D eigenvalue weighted by Gasteiger charge is 2.38. The van der Waals surface area contributed by atoms with Crippen molar-refractivity contribution >= 4 is 16.9 Å². The molecule has 1 aliphatic rings. The Bertz CT molecular complexity index is 574. The second-order valence-electron chi connectivity index (χ2n) is 4.55. The smallest absolute Gasteiger partial charge is 0.307 e. The lowest BCUT2D eigenvalue weighted by Crippen LogP contribution is -2.31. The molecule has 0 bridgehead atoms. The Kier molecular flexibility index (Phi) is 2.32. The van der Waals surface area contributed by atoms with Crippen LogP contribution >= 0.6 is 0 Å². The van der Waals surface area contributed by atoms with Crippen molar-refractivity contribution in [3.8, 4) is 0 Å². The number of carboxylic acids is 1. The highest BCUT2D eigenvalue weighted by molar-refractivity contribution is 5.83. The standard InChI is InChI=1S/C14H13NO2/c16-14(17)12-7-6-10(12)11-5-1-3-9-4-2-8-15-13(9)11/h1-5,8,10,12H,6-7H2,(H,16,17). The summed E-state index contributed by atoms with van der Waals surface area (Å²) in [7, 11) is 0. The van der Waals surface area contributed by atoms with Crippen molar-refractivity contribution in [2.45, 2.75) is 18.8 Å². The zero-order valence-electron chi connectivity index (χ0n) is 9.34. The van der Waals surface area contributed by atoms with Crippen LogP contribution in [0.4, 0.5) is 0 Å². The molecule has 1 heterocycles. The Morgan fingerprint density at radius 1 is 1.24 bits per heavy atom. The van der Waals surface area contributed by atoms with E-state index in [-0.39, 0.29) is 11.8 Å². The first-order valence-corrected chi connectivity index (χ1v) is 5.84. The van der Waals surface area contributed by atoms with Gasteiger partial charge in [0.25, 0.3) is 0 Å². The van der Waals surface area contributed by atoms with E-state index >= 15 is 0 Å². The van der Waals surface area contributed by atoms with E-state index in [0.29, 0.717) is 0 Å². The molecular formula is C14H13NO2. The van der Waals surface area contributed by atoms with Gasteiger partial charge in [-0.1, -0.05) is 24.3 Å². The van der Waals surface area contributed by atoms with Crippen molar-refractivity contribution in [2.24, 2.45) is 5.92 Å². The van der Waals surface area contributed by atoms with Gasteiger partial charge in [-0.25, -0.2) is 0 Å². The molecule has 3 heteroatoms. The maximum atomic E-state index is 11.1. The molecule has 0 amide bonds. The van der Waals surface area contributed by atoms with Crippen molar-refractivity contribution in [1.29, 1.82) is 0 Å². The predicted octanol–water partition coefficient (Wildman–Crippen LogP) is 2.81. The van der Waals surface area contributed by atoms with Crippen molar-refractivity contribution in [1.82, 2.24) is 4.98 Å². The molecule has 3 nitrogen and oxygen atoms in total. The highest BCUT2D eigenvalue weighted by Crippen LogP contribution is 2.44. The molecule has 1 saturated carbocycles. The van der Waals surface area contributed by atoms with E-state index in [0.717, 1.165) is 29.3 Å². The summed E-state index contributed by atoms with van der Waals surface area (Å²) >= 11 is 0. The molecule has 0 aliphatic heterocycles. The summed E-state index contributed by atoms with van der Waals surface area (Å²) in [5.74, 6) is -0.789. The summed E-state index contributed by atoms with van der Waals surface area (Å²) in [6, 6.07) is 9.92. The van der Waals surface area contributed by atoms with Crippen LogP contribution in [0.15, 0.2) is 36.5 Å². The number of benzene rings is 1. The van der Waals surface area contributed by atoms with Crippen LogP contribution in [0.25, 0.3) is 10.9 Å². The summed E-state index contributed by atoms with van der Waals surface area (Å²) in [5, 5.41) is 10.2. The summed E-state index contributed by atoms with van der Waals surface area (Å²) in [4.78, 5) is 15.5. The number of aromatic nitrogens is 1. The van der Waals surface area contributed by atoms with Gasteiger partial charge in [0, 0.05) is 11.6 Å². The quantitative estimate of drug-likeness (QED) is 0.858. The lowest BCUT2D eigenvalue weighted by Gasteiger charge is -2.34. The van der Waals surface area contributed by atoms with Crippen molar-refractivity contribution in [2.75, 3.05) is 0 Å². The van der Waals surface area contributed by atoms with E-state index in [2.05, 4.69) is 4.98 Å². The second kappa shape index (κ2) is 3.84. The van der Waals surface area contributed by atoms with Gasteiger partial charge >= 0.3 is 5.97 Å². The summed E-state index contributed by atoms with van der Waals surface area (Å²) in [6.45, 7) is 0. The van der Waals surface area contributed by atoms with Crippen LogP contribution in [0, 0.1) is 5.92 Å². The van der Waals surface area contributed by atoms with E-state index in [1.54, 1.807) is 6.20 Å². The third-order valence-electron chi connectivity index (χ3n) is 3.65. The van der Waals surface area contributed by atoms with Crippen LogP contribution in [0.5, 0.6) is 0 Å². The molecule has 0 radical (unpaired) electrons. The number of fused-ring (bicyclic) bond motifs is 1. The van der Waals surface area contributed by atoms with Gasteiger partial charge in [-0.15, -0.1) is 0 Å². The fourth-order valence-corrected chi connectivity index (χ4v) is 2.59. The molecule has 1 aliphatic carbocycles. The van der Waals surface area contributed by atoms with E-state index < -0.39 is 5.97 Å². The maximum Gasteiger partial charge on any atom is 0.307 e. The van der Waals surface area contributed by atoms with Crippen LogP contribution in [0.1, 0.15) is 24.3 Å². The van der Waals surface area contributed by atoms with Gasteiger partial charge in [0.05, 0.1) is 11.4 Å². The predicted molar refractivity (Wildman–Crippen MR) is 64.8 cm³/mol. The number of nitrogens with zero attached hydrogens (tertiary/aromatic N) is 1. The number of para-hydroxylation sites is 1. The van der Waals surface area contributed by atoms with E-state index in [1.807, 2.05) is 30.3 Å². The fourth-order valence-electron chi connectivity index (χ4n) is 2.59. The summed E-state index contributed by atoms with van der Waals surface area (Å²) in [5.41, 5.74) is 2.03. The van der Waals surface area contributed by atoms with Crippen LogP contribution in [0.3, 0.4) is 0 Å². The Labute approximate surface area is 99.1 Å². The number of rotatable bonds is 2. The van der Waals surface area contributed by atoms with Crippen molar-refractivity contribution in [3.63, 3.8) is 0 Å². The molecule has 0 spiro atoms. The van der Waals surface area contributed by atoms with Gasteiger partial charge in [0.1, 0.15) is 0 Å². The van der Waals surface area contributed by atoms with Gasteiger partial charge in [-0.05, 0) is 30.4 Å². The number of carbonyl (C=O) groups is 1. The number of hydrogen-bond acceptors (Lipinski definition) is 2. The van der Waals surface area contributed by atoms with Crippen molar-refractivity contribution < 1.29 is 9.90 Å². The first kappa shape index (κ1) is 10.3. The van der Waals surface area contributed by atoms with E-state index in [1.165, 1.54) is 0 Å². The normalized spacial score (nSPS) is 23.3. The molecular weight excluding hydrogens is 214 g/mol. The molecule has 1 aromatic carbocycles. The zero-order valence-corrected chi connectivity index (χ0v) is 9.34. The third-order valence-corrected chi connectivity index (χ3v) is 3.65. The first-order chi connectivity index (χ1) is 8.27. The average molecular weight is 227 g/mol. The minimum Gasteiger partial charge on any atom is -0.481 e. The molecule has 0 saturated heterocycles. The van der Waals surface area contributed by atoms with E-state index in [9.17, 15) is 4.79 Å². The first-order valence-electron chi connectivity index (χ1n) is 5.84. The SMILES string of the molecule is O=C(O)C1CCC1c1cccc2cccnc12. The second-order valence-corrected chi connectivity index (χ2v) is 4.55. The zero-order chi connectivity index (χ0) is 11.8. The van der Waals surface area contributed by atoms with Crippen LogP contribution in [-0.4, -0.2) is 16.1 Å². The minimum atomic E-state index is -0.686. The Balaban J connectivity index is 2.09. The summed E-state index contributed by atoms with van der Waals surface area (Å²) in [6.07, 6.45) is 3.50. The lowest BCUT2D eigenvalue weighted by atomic mass is 9.69. The highest BCUT2D eigenvalue weighted by atomic mass is 16.4. The minimum absolute atomic E-state index is 0.131. The van der Waals surface area contributed by atoms with Gasteiger partial charge in [-0.2, -0.15) is 0 Å². The molecule has 1 N–H and O–H groups in total.